The fourth-order valence-electron chi connectivity index (χ4n) is 1.91. The lowest BCUT2D eigenvalue weighted by Gasteiger charge is -2.13. The van der Waals surface area contributed by atoms with Gasteiger partial charge in [-0.05, 0) is 24.3 Å². The minimum Gasteiger partial charge on any atom is -0.493 e. The van der Waals surface area contributed by atoms with Crippen LogP contribution in [0, 0.1) is 11.6 Å². The first-order valence-corrected chi connectivity index (χ1v) is 6.47. The third-order valence-corrected chi connectivity index (χ3v) is 3.00. The van der Waals surface area contributed by atoms with Crippen molar-refractivity contribution in [2.75, 3.05) is 21.3 Å². The molecule has 0 aliphatic rings. The van der Waals surface area contributed by atoms with E-state index in [1.54, 1.807) is 0 Å². The molecule has 7 heteroatoms. The Labute approximate surface area is 131 Å². The zero-order chi connectivity index (χ0) is 17.0. The van der Waals surface area contributed by atoms with Gasteiger partial charge in [-0.25, -0.2) is 13.6 Å². The zero-order valence-electron chi connectivity index (χ0n) is 12.7. The molecule has 0 aliphatic carbocycles. The summed E-state index contributed by atoms with van der Waals surface area (Å²) in [6.45, 7) is 0. The third-order valence-electron chi connectivity index (χ3n) is 3.00. The molecule has 0 atom stereocenters. The largest absolute Gasteiger partial charge is 0.493 e. The van der Waals surface area contributed by atoms with E-state index in [0.29, 0.717) is 5.75 Å². The molecule has 2 aromatic rings. The monoisotopic (exact) mass is 324 g/mol. The van der Waals surface area contributed by atoms with E-state index in [2.05, 4.69) is 0 Å². The normalized spacial score (nSPS) is 10.1. The van der Waals surface area contributed by atoms with Gasteiger partial charge in [0.05, 0.1) is 26.9 Å². The number of benzene rings is 2. The van der Waals surface area contributed by atoms with Crippen LogP contribution in [0.3, 0.4) is 0 Å². The second-order valence-electron chi connectivity index (χ2n) is 4.38. The van der Waals surface area contributed by atoms with Gasteiger partial charge in [0.15, 0.2) is 23.1 Å². The Kier molecular flexibility index (Phi) is 5.00. The lowest BCUT2D eigenvalue weighted by atomic mass is 10.2. The highest BCUT2D eigenvalue weighted by molar-refractivity contribution is 5.92. The SMILES string of the molecule is COc1cc(C(=O)Oc2ccc(F)c(F)c2)cc(OC)c1OC. The molecule has 5 nitrogen and oxygen atoms in total. The molecule has 0 aliphatic heterocycles. The van der Waals surface area contributed by atoms with E-state index in [0.717, 1.165) is 18.2 Å². The molecule has 0 bridgehead atoms. The molecule has 23 heavy (non-hydrogen) atoms. The summed E-state index contributed by atoms with van der Waals surface area (Å²) < 4.78 is 46.4. The van der Waals surface area contributed by atoms with E-state index in [9.17, 15) is 13.6 Å². The topological polar surface area (TPSA) is 54.0 Å². The van der Waals surface area contributed by atoms with Crippen LogP contribution < -0.4 is 18.9 Å². The summed E-state index contributed by atoms with van der Waals surface area (Å²) in [5, 5.41) is 0. The summed E-state index contributed by atoms with van der Waals surface area (Å²) in [6.07, 6.45) is 0. The van der Waals surface area contributed by atoms with Crippen molar-refractivity contribution in [3.05, 3.63) is 47.5 Å². The smallest absolute Gasteiger partial charge is 0.343 e. The zero-order valence-corrected chi connectivity index (χ0v) is 12.7. The van der Waals surface area contributed by atoms with Crippen molar-refractivity contribution in [2.24, 2.45) is 0 Å². The summed E-state index contributed by atoms with van der Waals surface area (Å²) in [5.74, 6) is -2.19. The van der Waals surface area contributed by atoms with Gasteiger partial charge in [-0.3, -0.25) is 0 Å². The van der Waals surface area contributed by atoms with Crippen molar-refractivity contribution in [1.29, 1.82) is 0 Å². The van der Waals surface area contributed by atoms with Gasteiger partial charge in [-0.15, -0.1) is 0 Å². The number of rotatable bonds is 5. The van der Waals surface area contributed by atoms with Crippen LogP contribution in [-0.2, 0) is 0 Å². The van der Waals surface area contributed by atoms with Crippen molar-refractivity contribution in [3.63, 3.8) is 0 Å². The standard InChI is InChI=1S/C16H14F2O5/c1-20-13-6-9(7-14(21-2)15(13)22-3)16(19)23-10-4-5-11(17)12(18)8-10/h4-8H,1-3H3. The number of carbonyl (C=O) groups is 1. The molecule has 0 unspecified atom stereocenters. The van der Waals surface area contributed by atoms with Crippen LogP contribution in [0.5, 0.6) is 23.0 Å². The first-order chi connectivity index (χ1) is 11.0. The Balaban J connectivity index is 2.33. The number of hydrogen-bond acceptors (Lipinski definition) is 5. The number of ether oxygens (including phenoxy) is 4. The number of methoxy groups -OCH3 is 3. The Morgan fingerprint density at radius 1 is 0.870 bits per heavy atom. The van der Waals surface area contributed by atoms with Gasteiger partial charge in [0.1, 0.15) is 5.75 Å². The minimum atomic E-state index is -1.11. The first kappa shape index (κ1) is 16.5. The lowest BCUT2D eigenvalue weighted by Crippen LogP contribution is -2.10. The molecule has 2 aromatic carbocycles. The van der Waals surface area contributed by atoms with Gasteiger partial charge in [0, 0.05) is 6.07 Å². The van der Waals surface area contributed by atoms with Crippen molar-refractivity contribution in [1.82, 2.24) is 0 Å². The molecule has 0 fully saturated rings. The van der Waals surface area contributed by atoms with E-state index in [-0.39, 0.29) is 22.8 Å². The number of hydrogen-bond donors (Lipinski definition) is 0. The Hall–Kier alpha value is -2.83. The van der Waals surface area contributed by atoms with Gasteiger partial charge in [-0.1, -0.05) is 0 Å². The van der Waals surface area contributed by atoms with E-state index < -0.39 is 17.6 Å². The maximum atomic E-state index is 13.1. The number of halogens is 2. The molecule has 0 aromatic heterocycles. The highest BCUT2D eigenvalue weighted by Gasteiger charge is 2.18. The molecule has 2 rings (SSSR count). The van der Waals surface area contributed by atoms with Crippen LogP contribution in [0.15, 0.2) is 30.3 Å². The summed E-state index contributed by atoms with van der Waals surface area (Å²) in [5.41, 5.74) is 0.101. The van der Waals surface area contributed by atoms with Crippen LogP contribution in [0.2, 0.25) is 0 Å². The molecular formula is C16H14F2O5. The Bertz CT molecular complexity index is 705. The van der Waals surface area contributed by atoms with Gasteiger partial charge in [-0.2, -0.15) is 0 Å². The highest BCUT2D eigenvalue weighted by Crippen LogP contribution is 2.38. The predicted octanol–water partition coefficient (Wildman–Crippen LogP) is 3.21. The molecular weight excluding hydrogens is 310 g/mol. The van der Waals surface area contributed by atoms with Crippen LogP contribution >= 0.6 is 0 Å². The summed E-state index contributed by atoms with van der Waals surface area (Å²) in [6, 6.07) is 5.58. The lowest BCUT2D eigenvalue weighted by molar-refractivity contribution is 0.0733. The fraction of sp³-hybridized carbons (Fsp3) is 0.188. The van der Waals surface area contributed by atoms with Crippen LogP contribution in [-0.4, -0.2) is 27.3 Å². The van der Waals surface area contributed by atoms with Gasteiger partial charge >= 0.3 is 5.97 Å². The maximum absolute atomic E-state index is 13.1. The van der Waals surface area contributed by atoms with E-state index in [1.807, 2.05) is 0 Å². The molecule has 0 saturated heterocycles. The van der Waals surface area contributed by atoms with Crippen molar-refractivity contribution in [3.8, 4) is 23.0 Å². The number of carbonyl (C=O) groups excluding carboxylic acids is 1. The van der Waals surface area contributed by atoms with Crippen LogP contribution in [0.4, 0.5) is 8.78 Å². The average molecular weight is 324 g/mol. The highest BCUT2D eigenvalue weighted by atomic mass is 19.2. The van der Waals surface area contributed by atoms with E-state index in [1.165, 1.54) is 33.5 Å². The molecule has 0 heterocycles. The molecule has 0 amide bonds. The van der Waals surface area contributed by atoms with E-state index in [4.69, 9.17) is 18.9 Å². The van der Waals surface area contributed by atoms with Crippen LogP contribution in [0.25, 0.3) is 0 Å². The van der Waals surface area contributed by atoms with Crippen molar-refractivity contribution < 1.29 is 32.5 Å². The molecule has 0 radical (unpaired) electrons. The molecule has 0 N–H and O–H groups in total. The van der Waals surface area contributed by atoms with Crippen molar-refractivity contribution in [2.45, 2.75) is 0 Å². The van der Waals surface area contributed by atoms with Gasteiger partial charge in [0.25, 0.3) is 0 Å². The molecule has 0 saturated carbocycles. The summed E-state index contributed by atoms with van der Waals surface area (Å²) >= 11 is 0. The first-order valence-electron chi connectivity index (χ1n) is 6.47. The second-order valence-corrected chi connectivity index (χ2v) is 4.38. The summed E-state index contributed by atoms with van der Waals surface area (Å²) in [7, 11) is 4.24. The second kappa shape index (κ2) is 6.95. The predicted molar refractivity (Wildman–Crippen MR) is 77.4 cm³/mol. The average Bonchev–Trinajstić information content (AvgIpc) is 2.56. The van der Waals surface area contributed by atoms with E-state index >= 15 is 0 Å². The Morgan fingerprint density at radius 2 is 1.48 bits per heavy atom. The Morgan fingerprint density at radius 3 is 1.96 bits per heavy atom. The van der Waals surface area contributed by atoms with Crippen molar-refractivity contribution >= 4 is 5.97 Å². The molecule has 122 valence electrons. The minimum absolute atomic E-state index is 0.101. The summed E-state index contributed by atoms with van der Waals surface area (Å²) in [4.78, 5) is 12.2. The molecule has 0 spiro atoms. The number of esters is 1. The van der Waals surface area contributed by atoms with Crippen LogP contribution in [0.1, 0.15) is 10.4 Å². The maximum Gasteiger partial charge on any atom is 0.343 e. The third kappa shape index (κ3) is 3.50. The quantitative estimate of drug-likeness (QED) is 0.624. The van der Waals surface area contributed by atoms with Gasteiger partial charge in [0.2, 0.25) is 5.75 Å². The van der Waals surface area contributed by atoms with Gasteiger partial charge < -0.3 is 18.9 Å². The fourth-order valence-corrected chi connectivity index (χ4v) is 1.91.